The second kappa shape index (κ2) is 7.13. The molecule has 0 saturated carbocycles. The van der Waals surface area contributed by atoms with E-state index in [2.05, 4.69) is 38.9 Å². The molecule has 0 bridgehead atoms. The van der Waals surface area contributed by atoms with Gasteiger partial charge < -0.3 is 4.90 Å². The largest absolute Gasteiger partial charge is 0.359 e. The van der Waals surface area contributed by atoms with E-state index in [0.29, 0.717) is 0 Å². The zero-order valence-corrected chi connectivity index (χ0v) is 12.2. The van der Waals surface area contributed by atoms with E-state index in [1.54, 1.807) is 0 Å². The number of aromatic nitrogens is 1. The molecule has 0 amide bonds. The minimum Gasteiger partial charge on any atom is -0.359 e. The van der Waals surface area contributed by atoms with Crippen molar-refractivity contribution in [2.45, 2.75) is 26.2 Å². The van der Waals surface area contributed by atoms with Crippen molar-refractivity contribution in [3.05, 3.63) is 22.3 Å². The molecule has 0 unspecified atom stereocenters. The molecular weight excluding hydrogens is 288 g/mol. The summed E-state index contributed by atoms with van der Waals surface area (Å²) in [6, 6.07) is 2.09. The number of anilines is 1. The van der Waals surface area contributed by atoms with Crippen LogP contribution in [0.15, 0.2) is 16.7 Å². The number of halogens is 2. The Balaban J connectivity index is 2.49. The number of aryl methyl sites for hydroxylation is 1. The van der Waals surface area contributed by atoms with Crippen LogP contribution >= 0.6 is 27.5 Å². The zero-order chi connectivity index (χ0) is 12.0. The predicted octanol–water partition coefficient (Wildman–Crippen LogP) is 4.00. The van der Waals surface area contributed by atoms with Crippen LogP contribution in [0.25, 0.3) is 0 Å². The van der Waals surface area contributed by atoms with Gasteiger partial charge in [0.2, 0.25) is 0 Å². The van der Waals surface area contributed by atoms with Gasteiger partial charge in [0, 0.05) is 25.7 Å². The summed E-state index contributed by atoms with van der Waals surface area (Å²) < 4.78 is 1.06. The van der Waals surface area contributed by atoms with Gasteiger partial charge in [-0.25, -0.2) is 4.98 Å². The van der Waals surface area contributed by atoms with Crippen LogP contribution in [0.1, 0.15) is 24.8 Å². The molecule has 0 aromatic carbocycles. The van der Waals surface area contributed by atoms with Gasteiger partial charge in [-0.3, -0.25) is 0 Å². The van der Waals surface area contributed by atoms with E-state index in [1.165, 1.54) is 12.0 Å². The van der Waals surface area contributed by atoms with Gasteiger partial charge in [0.25, 0.3) is 0 Å². The molecule has 0 N–H and O–H groups in total. The highest BCUT2D eigenvalue weighted by Crippen LogP contribution is 2.23. The average molecular weight is 306 g/mol. The van der Waals surface area contributed by atoms with Gasteiger partial charge in [-0.15, -0.1) is 11.6 Å². The Morgan fingerprint density at radius 2 is 2.12 bits per heavy atom. The van der Waals surface area contributed by atoms with Gasteiger partial charge in [-0.1, -0.05) is 6.42 Å². The van der Waals surface area contributed by atoms with E-state index in [1.807, 2.05) is 13.1 Å². The first-order valence-corrected chi connectivity index (χ1v) is 6.87. The number of hydrogen-bond acceptors (Lipinski definition) is 2. The average Bonchev–Trinajstić information content (AvgIpc) is 2.24. The fourth-order valence-electron chi connectivity index (χ4n) is 1.53. The first-order valence-electron chi connectivity index (χ1n) is 5.54. The summed E-state index contributed by atoms with van der Waals surface area (Å²) >= 11 is 9.19. The lowest BCUT2D eigenvalue weighted by Gasteiger charge is -2.19. The Hall–Kier alpha value is -0.280. The maximum absolute atomic E-state index is 5.64. The number of alkyl halides is 1. The minimum atomic E-state index is 0.760. The van der Waals surface area contributed by atoms with Crippen LogP contribution in [0.2, 0.25) is 0 Å². The molecule has 1 rings (SSSR count). The Morgan fingerprint density at radius 1 is 1.38 bits per heavy atom. The highest BCUT2D eigenvalue weighted by Gasteiger charge is 2.06. The van der Waals surface area contributed by atoms with Crippen molar-refractivity contribution in [3.8, 4) is 0 Å². The lowest BCUT2D eigenvalue weighted by molar-refractivity contribution is 0.703. The van der Waals surface area contributed by atoms with Crippen molar-refractivity contribution in [1.29, 1.82) is 0 Å². The summed E-state index contributed by atoms with van der Waals surface area (Å²) in [7, 11) is 2.07. The molecule has 0 fully saturated rings. The van der Waals surface area contributed by atoms with Crippen LogP contribution in [0.5, 0.6) is 0 Å². The fourth-order valence-corrected chi connectivity index (χ4v) is 2.49. The van der Waals surface area contributed by atoms with Crippen molar-refractivity contribution >= 4 is 33.3 Å². The molecular formula is C12H18BrClN2. The molecule has 1 aromatic heterocycles. The third-order valence-electron chi connectivity index (χ3n) is 2.45. The number of hydrogen-bond donors (Lipinski definition) is 0. The summed E-state index contributed by atoms with van der Waals surface area (Å²) in [6.07, 6.45) is 5.33. The predicted molar refractivity (Wildman–Crippen MR) is 74.5 cm³/mol. The topological polar surface area (TPSA) is 16.1 Å². The maximum Gasteiger partial charge on any atom is 0.142 e. The Kier molecular flexibility index (Phi) is 6.14. The first-order chi connectivity index (χ1) is 7.65. The summed E-state index contributed by atoms with van der Waals surface area (Å²) in [5.74, 6) is 1.77. The minimum absolute atomic E-state index is 0.760. The number of unbranched alkanes of at least 4 members (excludes halogenated alkanes) is 2. The van der Waals surface area contributed by atoms with Crippen LogP contribution in [0.3, 0.4) is 0 Å². The van der Waals surface area contributed by atoms with Crippen LogP contribution in [0, 0.1) is 6.92 Å². The highest BCUT2D eigenvalue weighted by molar-refractivity contribution is 9.10. The number of nitrogens with zero attached hydrogens (tertiary/aromatic N) is 2. The molecule has 90 valence electrons. The van der Waals surface area contributed by atoms with Crippen molar-refractivity contribution in [2.75, 3.05) is 24.4 Å². The SMILES string of the molecule is Cc1cnc(N(C)CCCCCCl)c(Br)c1. The Labute approximate surface area is 111 Å². The molecule has 16 heavy (non-hydrogen) atoms. The Bertz CT molecular complexity index is 331. The van der Waals surface area contributed by atoms with Gasteiger partial charge in [-0.05, 0) is 47.3 Å². The normalized spacial score (nSPS) is 10.5. The highest BCUT2D eigenvalue weighted by atomic mass is 79.9. The molecule has 1 aromatic rings. The van der Waals surface area contributed by atoms with Gasteiger partial charge in [0.1, 0.15) is 5.82 Å². The third-order valence-corrected chi connectivity index (χ3v) is 3.30. The first kappa shape index (κ1) is 13.8. The molecule has 0 spiro atoms. The van der Waals surface area contributed by atoms with E-state index < -0.39 is 0 Å². The molecule has 0 aliphatic rings. The smallest absolute Gasteiger partial charge is 0.142 e. The standard InChI is InChI=1S/C12H18BrClN2/c1-10-8-11(13)12(15-9-10)16(2)7-5-3-4-6-14/h8-9H,3-7H2,1-2H3. The molecule has 0 radical (unpaired) electrons. The summed E-state index contributed by atoms with van der Waals surface area (Å²) in [5, 5.41) is 0. The van der Waals surface area contributed by atoms with Crippen molar-refractivity contribution in [3.63, 3.8) is 0 Å². The van der Waals surface area contributed by atoms with E-state index >= 15 is 0 Å². The van der Waals surface area contributed by atoms with Gasteiger partial charge in [0.15, 0.2) is 0 Å². The number of pyridine rings is 1. The number of rotatable bonds is 6. The quantitative estimate of drug-likeness (QED) is 0.583. The third kappa shape index (κ3) is 4.30. The van der Waals surface area contributed by atoms with E-state index in [9.17, 15) is 0 Å². The fraction of sp³-hybridized carbons (Fsp3) is 0.583. The molecule has 0 atom stereocenters. The van der Waals surface area contributed by atoms with E-state index in [-0.39, 0.29) is 0 Å². The van der Waals surface area contributed by atoms with Crippen LogP contribution in [-0.2, 0) is 0 Å². The van der Waals surface area contributed by atoms with Gasteiger partial charge >= 0.3 is 0 Å². The second-order valence-electron chi connectivity index (χ2n) is 3.99. The molecule has 0 aliphatic heterocycles. The van der Waals surface area contributed by atoms with Gasteiger partial charge in [-0.2, -0.15) is 0 Å². The summed E-state index contributed by atoms with van der Waals surface area (Å²) in [4.78, 5) is 6.61. The monoisotopic (exact) mass is 304 g/mol. The zero-order valence-electron chi connectivity index (χ0n) is 9.84. The summed E-state index contributed by atoms with van der Waals surface area (Å²) in [6.45, 7) is 3.06. The van der Waals surface area contributed by atoms with Crippen LogP contribution < -0.4 is 4.90 Å². The maximum atomic E-state index is 5.64. The molecule has 2 nitrogen and oxygen atoms in total. The van der Waals surface area contributed by atoms with Crippen molar-refractivity contribution in [2.24, 2.45) is 0 Å². The molecule has 1 heterocycles. The lowest BCUT2D eigenvalue weighted by Crippen LogP contribution is -2.20. The molecule has 4 heteroatoms. The van der Waals surface area contributed by atoms with Crippen molar-refractivity contribution in [1.82, 2.24) is 4.98 Å². The van der Waals surface area contributed by atoms with Crippen LogP contribution in [0.4, 0.5) is 5.82 Å². The van der Waals surface area contributed by atoms with Gasteiger partial charge in [0.05, 0.1) is 4.47 Å². The molecule has 0 saturated heterocycles. The van der Waals surface area contributed by atoms with E-state index in [4.69, 9.17) is 11.6 Å². The Morgan fingerprint density at radius 3 is 2.75 bits per heavy atom. The lowest BCUT2D eigenvalue weighted by atomic mass is 10.2. The second-order valence-corrected chi connectivity index (χ2v) is 5.22. The van der Waals surface area contributed by atoms with E-state index in [0.717, 1.165) is 35.6 Å². The van der Waals surface area contributed by atoms with Crippen LogP contribution in [-0.4, -0.2) is 24.5 Å². The summed E-state index contributed by atoms with van der Waals surface area (Å²) in [5.41, 5.74) is 1.17. The molecule has 0 aliphatic carbocycles. The van der Waals surface area contributed by atoms with Crippen molar-refractivity contribution < 1.29 is 0 Å².